The van der Waals surface area contributed by atoms with Crippen LogP contribution >= 0.6 is 27.3 Å². The van der Waals surface area contributed by atoms with Gasteiger partial charge in [0.25, 0.3) is 0 Å². The zero-order valence-electron chi connectivity index (χ0n) is 9.42. The van der Waals surface area contributed by atoms with E-state index in [1.54, 1.807) is 18.4 Å². The van der Waals surface area contributed by atoms with Crippen molar-refractivity contribution in [1.82, 2.24) is 5.32 Å². The van der Waals surface area contributed by atoms with Crippen molar-refractivity contribution in [2.75, 3.05) is 14.2 Å². The summed E-state index contributed by atoms with van der Waals surface area (Å²) < 4.78 is 6.68. The molecule has 0 fully saturated rings. The average Bonchev–Trinajstić information content (AvgIpc) is 2.64. The van der Waals surface area contributed by atoms with Crippen molar-refractivity contribution < 1.29 is 4.74 Å². The van der Waals surface area contributed by atoms with E-state index in [0.717, 1.165) is 12.8 Å². The van der Waals surface area contributed by atoms with E-state index in [1.165, 1.54) is 9.35 Å². The summed E-state index contributed by atoms with van der Waals surface area (Å²) in [6, 6.07) is 2.48. The van der Waals surface area contributed by atoms with E-state index in [9.17, 15) is 0 Å². The molecule has 0 aliphatic rings. The van der Waals surface area contributed by atoms with Gasteiger partial charge in [0, 0.05) is 28.9 Å². The summed E-state index contributed by atoms with van der Waals surface area (Å²) in [4.78, 5) is 1.38. The Hall–Kier alpha value is 0.1000. The third kappa shape index (κ3) is 3.55. The van der Waals surface area contributed by atoms with Gasteiger partial charge in [-0.2, -0.15) is 0 Å². The standard InChI is InChI=1S/C11H18BrNOS/c1-4-10(14-3)9(13-2)7-11-8(12)5-6-15-11/h5-6,9-10,13H,4,7H2,1-3H3. The van der Waals surface area contributed by atoms with Crippen molar-refractivity contribution in [3.63, 3.8) is 0 Å². The van der Waals surface area contributed by atoms with Crippen molar-refractivity contribution in [2.24, 2.45) is 0 Å². The molecule has 2 nitrogen and oxygen atoms in total. The molecule has 1 aromatic heterocycles. The van der Waals surface area contributed by atoms with Crippen molar-refractivity contribution in [3.8, 4) is 0 Å². The van der Waals surface area contributed by atoms with Crippen LogP contribution in [0.1, 0.15) is 18.2 Å². The fourth-order valence-electron chi connectivity index (χ4n) is 1.71. The Kier molecular flexibility index (Phi) is 5.82. The highest BCUT2D eigenvalue weighted by Gasteiger charge is 2.19. The Bertz CT molecular complexity index is 286. The molecule has 4 heteroatoms. The summed E-state index contributed by atoms with van der Waals surface area (Å²) in [6.07, 6.45) is 2.33. The number of halogens is 1. The molecule has 86 valence electrons. The largest absolute Gasteiger partial charge is 0.380 e. The molecule has 1 heterocycles. The predicted molar refractivity (Wildman–Crippen MR) is 69.7 cm³/mol. The molecule has 0 radical (unpaired) electrons. The number of rotatable bonds is 6. The fourth-order valence-corrected chi connectivity index (χ4v) is 3.28. The van der Waals surface area contributed by atoms with Gasteiger partial charge in [0.15, 0.2) is 0 Å². The van der Waals surface area contributed by atoms with Crippen molar-refractivity contribution in [2.45, 2.75) is 31.9 Å². The van der Waals surface area contributed by atoms with E-state index in [4.69, 9.17) is 4.74 Å². The van der Waals surface area contributed by atoms with E-state index >= 15 is 0 Å². The summed E-state index contributed by atoms with van der Waals surface area (Å²) in [5, 5.41) is 5.44. The van der Waals surface area contributed by atoms with Crippen LogP contribution in [0.4, 0.5) is 0 Å². The maximum absolute atomic E-state index is 5.47. The van der Waals surface area contributed by atoms with Crippen LogP contribution in [0.2, 0.25) is 0 Å². The minimum absolute atomic E-state index is 0.281. The first kappa shape index (κ1) is 13.2. The molecule has 0 aliphatic heterocycles. The van der Waals surface area contributed by atoms with Gasteiger partial charge in [-0.05, 0) is 40.8 Å². The van der Waals surface area contributed by atoms with Gasteiger partial charge in [0.05, 0.1) is 6.10 Å². The van der Waals surface area contributed by atoms with E-state index < -0.39 is 0 Å². The molecule has 0 bridgehead atoms. The maximum Gasteiger partial charge on any atom is 0.0725 e. The normalized spacial score (nSPS) is 15.2. The lowest BCUT2D eigenvalue weighted by Crippen LogP contribution is -2.40. The zero-order valence-corrected chi connectivity index (χ0v) is 11.8. The van der Waals surface area contributed by atoms with Crippen molar-refractivity contribution in [1.29, 1.82) is 0 Å². The Labute approximate surface area is 104 Å². The summed E-state index contributed by atoms with van der Waals surface area (Å²) >= 11 is 5.35. The number of hydrogen-bond acceptors (Lipinski definition) is 3. The molecule has 0 saturated heterocycles. The van der Waals surface area contributed by atoms with E-state index in [-0.39, 0.29) is 6.10 Å². The quantitative estimate of drug-likeness (QED) is 0.870. The summed E-state index contributed by atoms with van der Waals surface area (Å²) in [6.45, 7) is 2.15. The Balaban J connectivity index is 2.64. The molecule has 2 atom stereocenters. The van der Waals surface area contributed by atoms with Crippen LogP contribution in [-0.4, -0.2) is 26.3 Å². The molecular weight excluding hydrogens is 274 g/mol. The third-order valence-electron chi connectivity index (χ3n) is 2.62. The number of hydrogen-bond donors (Lipinski definition) is 1. The first-order valence-corrected chi connectivity index (χ1v) is 6.82. The number of nitrogens with one attached hydrogen (secondary N) is 1. The molecule has 2 unspecified atom stereocenters. The second-order valence-corrected chi connectivity index (χ2v) is 5.33. The number of likely N-dealkylation sites (N-methyl/N-ethyl adjacent to an activating group) is 1. The van der Waals surface area contributed by atoms with Crippen LogP contribution in [0.3, 0.4) is 0 Å². The predicted octanol–water partition coefficient (Wildman–Crippen LogP) is 3.07. The van der Waals surface area contributed by atoms with Crippen LogP contribution in [0.5, 0.6) is 0 Å². The first-order chi connectivity index (χ1) is 7.22. The zero-order chi connectivity index (χ0) is 11.3. The van der Waals surface area contributed by atoms with E-state index in [1.807, 2.05) is 7.05 Å². The molecule has 0 amide bonds. The molecule has 15 heavy (non-hydrogen) atoms. The highest BCUT2D eigenvalue weighted by molar-refractivity contribution is 9.10. The topological polar surface area (TPSA) is 21.3 Å². The first-order valence-electron chi connectivity index (χ1n) is 5.14. The van der Waals surface area contributed by atoms with Gasteiger partial charge in [0.2, 0.25) is 0 Å². The van der Waals surface area contributed by atoms with Gasteiger partial charge in [0.1, 0.15) is 0 Å². The van der Waals surface area contributed by atoms with Crippen LogP contribution in [0.15, 0.2) is 15.9 Å². The fraction of sp³-hybridized carbons (Fsp3) is 0.636. The maximum atomic E-state index is 5.47. The Morgan fingerprint density at radius 3 is 2.73 bits per heavy atom. The number of thiophene rings is 1. The molecule has 0 saturated carbocycles. The monoisotopic (exact) mass is 291 g/mol. The van der Waals surface area contributed by atoms with Gasteiger partial charge in [-0.25, -0.2) is 0 Å². The minimum Gasteiger partial charge on any atom is -0.380 e. The summed E-state index contributed by atoms with van der Waals surface area (Å²) in [5.41, 5.74) is 0. The lowest BCUT2D eigenvalue weighted by Gasteiger charge is -2.24. The van der Waals surface area contributed by atoms with Gasteiger partial charge in [-0.15, -0.1) is 11.3 Å². The van der Waals surface area contributed by atoms with Crippen LogP contribution in [0, 0.1) is 0 Å². The Morgan fingerprint density at radius 2 is 2.33 bits per heavy atom. The summed E-state index contributed by atoms with van der Waals surface area (Å²) in [5.74, 6) is 0. The summed E-state index contributed by atoms with van der Waals surface area (Å²) in [7, 11) is 3.77. The average molecular weight is 292 g/mol. The number of methoxy groups -OCH3 is 1. The van der Waals surface area contributed by atoms with Gasteiger partial charge < -0.3 is 10.1 Å². The van der Waals surface area contributed by atoms with Gasteiger partial charge in [-0.3, -0.25) is 0 Å². The molecule has 1 aromatic rings. The molecule has 0 aliphatic carbocycles. The Morgan fingerprint density at radius 1 is 1.60 bits per heavy atom. The van der Waals surface area contributed by atoms with Crippen LogP contribution < -0.4 is 5.32 Å². The lowest BCUT2D eigenvalue weighted by atomic mass is 10.0. The second kappa shape index (κ2) is 6.63. The van der Waals surface area contributed by atoms with E-state index in [2.05, 4.69) is 39.6 Å². The second-order valence-electron chi connectivity index (χ2n) is 3.47. The smallest absolute Gasteiger partial charge is 0.0725 e. The van der Waals surface area contributed by atoms with Crippen LogP contribution in [0.25, 0.3) is 0 Å². The SMILES string of the molecule is CCC(OC)C(Cc1sccc1Br)NC. The third-order valence-corrected chi connectivity index (χ3v) is 4.57. The van der Waals surface area contributed by atoms with Gasteiger partial charge >= 0.3 is 0 Å². The van der Waals surface area contributed by atoms with Crippen LogP contribution in [-0.2, 0) is 11.2 Å². The van der Waals surface area contributed by atoms with Crippen molar-refractivity contribution >= 4 is 27.3 Å². The minimum atomic E-state index is 0.281. The van der Waals surface area contributed by atoms with E-state index in [0.29, 0.717) is 6.04 Å². The highest BCUT2D eigenvalue weighted by Crippen LogP contribution is 2.25. The molecule has 1 rings (SSSR count). The lowest BCUT2D eigenvalue weighted by molar-refractivity contribution is 0.0680. The number of ether oxygens (including phenoxy) is 1. The molecule has 0 spiro atoms. The highest BCUT2D eigenvalue weighted by atomic mass is 79.9. The molecular formula is C11H18BrNOS. The van der Waals surface area contributed by atoms with Crippen molar-refractivity contribution in [3.05, 3.63) is 20.8 Å². The molecule has 0 aromatic carbocycles. The van der Waals surface area contributed by atoms with Gasteiger partial charge in [-0.1, -0.05) is 6.92 Å². The molecule has 1 N–H and O–H groups in total.